The Morgan fingerprint density at radius 3 is 2.22 bits per heavy atom. The summed E-state index contributed by atoms with van der Waals surface area (Å²) in [6, 6.07) is 10.4. The fourth-order valence-electron chi connectivity index (χ4n) is 2.75. The second kappa shape index (κ2) is 8.73. The van der Waals surface area contributed by atoms with E-state index >= 15 is 0 Å². The Labute approximate surface area is 163 Å². The number of sulfonamides is 1. The van der Waals surface area contributed by atoms with Crippen molar-refractivity contribution in [2.45, 2.75) is 11.1 Å². The average Bonchev–Trinajstić information content (AvgIpc) is 3.23. The maximum absolute atomic E-state index is 12.5. The van der Waals surface area contributed by atoms with Crippen LogP contribution in [0.2, 0.25) is 0 Å². The van der Waals surface area contributed by atoms with Gasteiger partial charge in [-0.25, -0.2) is 8.42 Å². The summed E-state index contributed by atoms with van der Waals surface area (Å²) in [5.74, 6) is 1.18. The van der Waals surface area contributed by atoms with Crippen LogP contribution in [0.25, 0.3) is 0 Å². The topological polar surface area (TPSA) is 76.2 Å². The number of ether oxygens (including phenoxy) is 2. The zero-order valence-corrected chi connectivity index (χ0v) is 16.7. The van der Waals surface area contributed by atoms with Crippen molar-refractivity contribution in [1.82, 2.24) is 9.21 Å². The Morgan fingerprint density at radius 2 is 1.67 bits per heavy atom. The van der Waals surface area contributed by atoms with Gasteiger partial charge in [0.1, 0.15) is 15.7 Å². The van der Waals surface area contributed by atoms with Crippen LogP contribution in [0.15, 0.2) is 46.0 Å². The van der Waals surface area contributed by atoms with Crippen LogP contribution in [0, 0.1) is 0 Å². The number of rotatable bonds is 7. The highest BCUT2D eigenvalue weighted by atomic mass is 32.2. The molecule has 0 radical (unpaired) electrons. The van der Waals surface area contributed by atoms with Crippen LogP contribution in [0.5, 0.6) is 11.5 Å². The smallest absolute Gasteiger partial charge is 0.260 e. The zero-order chi connectivity index (χ0) is 19.3. The van der Waals surface area contributed by atoms with E-state index in [2.05, 4.69) is 0 Å². The molecule has 2 heterocycles. The highest BCUT2D eigenvalue weighted by molar-refractivity contribution is 7.91. The number of nitrogens with zero attached hydrogens (tertiary/aromatic N) is 2. The normalized spacial score (nSPS) is 15.5. The molecule has 0 N–H and O–H groups in total. The molecule has 0 unspecified atom stereocenters. The second-order valence-corrected chi connectivity index (χ2v) is 9.02. The molecule has 146 valence electrons. The number of amides is 1. The lowest BCUT2D eigenvalue weighted by molar-refractivity contribution is -0.134. The van der Waals surface area contributed by atoms with Gasteiger partial charge in [-0.3, -0.25) is 4.79 Å². The lowest BCUT2D eigenvalue weighted by atomic mass is 10.3. The minimum Gasteiger partial charge on any atom is -0.494 e. The second-order valence-electron chi connectivity index (χ2n) is 5.91. The van der Waals surface area contributed by atoms with Gasteiger partial charge in [-0.05, 0) is 42.6 Å². The monoisotopic (exact) mass is 410 g/mol. The van der Waals surface area contributed by atoms with E-state index in [9.17, 15) is 13.2 Å². The molecule has 1 amide bonds. The maximum atomic E-state index is 12.5. The molecule has 7 nitrogen and oxygen atoms in total. The number of hydrogen-bond donors (Lipinski definition) is 0. The Morgan fingerprint density at radius 1 is 1.04 bits per heavy atom. The first-order valence-corrected chi connectivity index (χ1v) is 11.0. The third-order valence-electron chi connectivity index (χ3n) is 4.18. The number of carbonyl (C=O) groups is 1. The molecule has 0 spiro atoms. The predicted molar refractivity (Wildman–Crippen MR) is 103 cm³/mol. The van der Waals surface area contributed by atoms with Crippen molar-refractivity contribution in [2.75, 3.05) is 39.4 Å². The highest BCUT2D eigenvalue weighted by Crippen LogP contribution is 2.22. The number of thiophene rings is 1. The van der Waals surface area contributed by atoms with E-state index in [0.29, 0.717) is 29.7 Å². The van der Waals surface area contributed by atoms with E-state index in [0.717, 1.165) is 5.75 Å². The molecule has 9 heteroatoms. The van der Waals surface area contributed by atoms with Gasteiger partial charge in [0, 0.05) is 26.2 Å². The first kappa shape index (κ1) is 19.7. The predicted octanol–water partition coefficient (Wildman–Crippen LogP) is 2.06. The fourth-order valence-corrected chi connectivity index (χ4v) is 5.32. The van der Waals surface area contributed by atoms with E-state index in [1.54, 1.807) is 46.7 Å². The van der Waals surface area contributed by atoms with Crippen molar-refractivity contribution in [3.8, 4) is 11.5 Å². The van der Waals surface area contributed by atoms with Crippen LogP contribution in [-0.2, 0) is 14.8 Å². The number of hydrogen-bond acceptors (Lipinski definition) is 6. The van der Waals surface area contributed by atoms with Gasteiger partial charge in [0.2, 0.25) is 0 Å². The van der Waals surface area contributed by atoms with Crippen molar-refractivity contribution in [1.29, 1.82) is 0 Å². The Balaban J connectivity index is 1.48. The third-order valence-corrected chi connectivity index (χ3v) is 7.45. The van der Waals surface area contributed by atoms with E-state index < -0.39 is 10.0 Å². The van der Waals surface area contributed by atoms with Gasteiger partial charge in [0.05, 0.1) is 6.61 Å². The van der Waals surface area contributed by atoms with Crippen molar-refractivity contribution >= 4 is 27.3 Å². The molecule has 1 aliphatic heterocycles. The summed E-state index contributed by atoms with van der Waals surface area (Å²) in [5, 5.41) is 1.74. The van der Waals surface area contributed by atoms with Gasteiger partial charge in [0.15, 0.2) is 6.61 Å². The molecule has 1 saturated heterocycles. The standard InChI is InChI=1S/C18H22N2O5S2/c1-2-24-15-5-7-16(8-6-15)25-14-17(21)19-9-11-20(12-10-19)27(22,23)18-4-3-13-26-18/h3-8,13H,2,9-12,14H2,1H3. The first-order chi connectivity index (χ1) is 13.0. The molecule has 1 fully saturated rings. The maximum Gasteiger partial charge on any atom is 0.260 e. The van der Waals surface area contributed by atoms with Crippen molar-refractivity contribution < 1.29 is 22.7 Å². The summed E-state index contributed by atoms with van der Waals surface area (Å²) >= 11 is 1.20. The highest BCUT2D eigenvalue weighted by Gasteiger charge is 2.30. The molecule has 0 aliphatic carbocycles. The lowest BCUT2D eigenvalue weighted by Gasteiger charge is -2.33. The Kier molecular flexibility index (Phi) is 6.35. The first-order valence-electron chi connectivity index (χ1n) is 8.68. The van der Waals surface area contributed by atoms with Crippen molar-refractivity contribution in [3.63, 3.8) is 0 Å². The van der Waals surface area contributed by atoms with Gasteiger partial charge in [0.25, 0.3) is 15.9 Å². The third kappa shape index (κ3) is 4.79. The molecule has 0 atom stereocenters. The van der Waals surface area contributed by atoms with Gasteiger partial charge in [-0.15, -0.1) is 11.3 Å². The molecule has 3 rings (SSSR count). The number of carbonyl (C=O) groups excluding carboxylic acids is 1. The Hall–Kier alpha value is -2.10. The van der Waals surface area contributed by atoms with Crippen LogP contribution < -0.4 is 9.47 Å². The SMILES string of the molecule is CCOc1ccc(OCC(=O)N2CCN(S(=O)(=O)c3cccs3)CC2)cc1. The Bertz CT molecular complexity index is 842. The summed E-state index contributed by atoms with van der Waals surface area (Å²) in [7, 11) is -3.46. The average molecular weight is 411 g/mol. The minimum absolute atomic E-state index is 0.0777. The van der Waals surface area contributed by atoms with Crippen LogP contribution in [0.1, 0.15) is 6.92 Å². The number of piperazine rings is 1. The van der Waals surface area contributed by atoms with E-state index in [-0.39, 0.29) is 25.6 Å². The van der Waals surface area contributed by atoms with Crippen molar-refractivity contribution in [3.05, 3.63) is 41.8 Å². The van der Waals surface area contributed by atoms with Crippen LogP contribution >= 0.6 is 11.3 Å². The van der Waals surface area contributed by atoms with E-state index in [4.69, 9.17) is 9.47 Å². The summed E-state index contributed by atoms with van der Waals surface area (Å²) in [6.07, 6.45) is 0. The lowest BCUT2D eigenvalue weighted by Crippen LogP contribution is -2.51. The summed E-state index contributed by atoms with van der Waals surface area (Å²) in [6.45, 7) is 3.71. The van der Waals surface area contributed by atoms with Gasteiger partial charge in [-0.2, -0.15) is 4.31 Å². The molecule has 1 aromatic heterocycles. The molecular weight excluding hydrogens is 388 g/mol. The summed E-state index contributed by atoms with van der Waals surface area (Å²) in [4.78, 5) is 14.0. The van der Waals surface area contributed by atoms with E-state index in [1.165, 1.54) is 15.6 Å². The molecule has 2 aromatic rings. The summed E-state index contributed by atoms with van der Waals surface area (Å²) < 4.78 is 37.7. The molecule has 1 aromatic carbocycles. The van der Waals surface area contributed by atoms with Crippen molar-refractivity contribution in [2.24, 2.45) is 0 Å². The van der Waals surface area contributed by atoms with E-state index in [1.807, 2.05) is 6.92 Å². The van der Waals surface area contributed by atoms with Crippen LogP contribution in [0.4, 0.5) is 0 Å². The summed E-state index contributed by atoms with van der Waals surface area (Å²) in [5.41, 5.74) is 0. The molecule has 1 aliphatic rings. The van der Waals surface area contributed by atoms with Gasteiger partial charge in [-0.1, -0.05) is 6.07 Å². The molecule has 27 heavy (non-hydrogen) atoms. The fraction of sp³-hybridized carbons (Fsp3) is 0.389. The van der Waals surface area contributed by atoms with Crippen LogP contribution in [0.3, 0.4) is 0 Å². The van der Waals surface area contributed by atoms with Gasteiger partial charge >= 0.3 is 0 Å². The quantitative estimate of drug-likeness (QED) is 0.698. The largest absolute Gasteiger partial charge is 0.494 e. The molecule has 0 bridgehead atoms. The molecular formula is C18H22N2O5S2. The van der Waals surface area contributed by atoms with Crippen LogP contribution in [-0.4, -0.2) is 62.9 Å². The molecule has 0 saturated carbocycles. The van der Waals surface area contributed by atoms with Gasteiger partial charge < -0.3 is 14.4 Å². The minimum atomic E-state index is -3.46. The zero-order valence-electron chi connectivity index (χ0n) is 15.0. The number of benzene rings is 1.